The van der Waals surface area contributed by atoms with Crippen molar-refractivity contribution in [2.75, 3.05) is 39.5 Å². The lowest BCUT2D eigenvalue weighted by Gasteiger charge is -2.21. The zero-order chi connectivity index (χ0) is 26.0. The van der Waals surface area contributed by atoms with Gasteiger partial charge in [-0.2, -0.15) is 0 Å². The van der Waals surface area contributed by atoms with E-state index in [-0.39, 0.29) is 31.7 Å². The number of hydrogen-bond donors (Lipinski definition) is 2. The van der Waals surface area contributed by atoms with Gasteiger partial charge >= 0.3 is 20.3 Å². The Morgan fingerprint density at radius 2 is 1.45 bits per heavy atom. The Morgan fingerprint density at radius 1 is 0.921 bits per heavy atom. The summed E-state index contributed by atoms with van der Waals surface area (Å²) in [6.07, 6.45) is -0.790. The van der Waals surface area contributed by atoms with Crippen LogP contribution in [0.4, 0.5) is 4.79 Å². The highest BCUT2D eigenvalue weighted by atomic mass is 35.5. The molecule has 4 heterocycles. The number of ether oxygens (including phenoxy) is 3. The quantitative estimate of drug-likeness (QED) is 0.554. The van der Waals surface area contributed by atoms with Gasteiger partial charge in [-0.3, -0.25) is 0 Å². The van der Waals surface area contributed by atoms with Gasteiger partial charge in [-0.15, -0.1) is 12.4 Å². The number of alkyl carbamates (subject to hydrolysis) is 1. The number of hydrogen-bond acceptors (Lipinski definition) is 9. The summed E-state index contributed by atoms with van der Waals surface area (Å²) in [4.78, 5) is 11.8. The number of rotatable bonds is 3. The summed E-state index contributed by atoms with van der Waals surface area (Å²) in [5.41, 5.74) is 9.16. The van der Waals surface area contributed by atoms with Crippen molar-refractivity contribution in [3.05, 3.63) is 47.5 Å². The van der Waals surface area contributed by atoms with E-state index in [0.717, 1.165) is 33.6 Å². The van der Waals surface area contributed by atoms with E-state index in [1.807, 2.05) is 57.2 Å². The molecule has 4 aliphatic rings. The van der Waals surface area contributed by atoms with Crippen LogP contribution in [-0.2, 0) is 23.4 Å². The lowest BCUT2D eigenvalue weighted by atomic mass is 9.78. The highest BCUT2D eigenvalue weighted by Crippen LogP contribution is 2.30. The van der Waals surface area contributed by atoms with Gasteiger partial charge < -0.3 is 43.9 Å². The molecule has 0 spiro atoms. The van der Waals surface area contributed by atoms with Crippen molar-refractivity contribution in [3.8, 4) is 11.5 Å². The molecule has 0 radical (unpaired) electrons. The number of nitrogens with two attached hydrogens (primary N) is 1. The van der Waals surface area contributed by atoms with Crippen LogP contribution in [0.1, 0.15) is 44.1 Å². The van der Waals surface area contributed by atoms with Crippen molar-refractivity contribution < 1.29 is 37.6 Å². The van der Waals surface area contributed by atoms with E-state index in [1.54, 1.807) is 0 Å². The number of benzene rings is 2. The van der Waals surface area contributed by atoms with Crippen LogP contribution in [0.3, 0.4) is 0 Å². The molecule has 10 nitrogen and oxygen atoms in total. The van der Waals surface area contributed by atoms with Gasteiger partial charge in [-0.1, -0.05) is 24.3 Å². The molecule has 204 valence electrons. The van der Waals surface area contributed by atoms with Crippen LogP contribution in [0.25, 0.3) is 0 Å². The maximum atomic E-state index is 11.8. The third kappa shape index (κ3) is 6.22. The molecule has 6 rings (SSSR count). The first-order valence-electron chi connectivity index (χ1n) is 12.6. The first-order valence-corrected chi connectivity index (χ1v) is 12.6. The van der Waals surface area contributed by atoms with Crippen LogP contribution >= 0.6 is 12.4 Å². The molecular weight excluding hydrogens is 513 g/mol. The molecule has 2 aromatic rings. The first kappa shape index (κ1) is 28.5. The van der Waals surface area contributed by atoms with Gasteiger partial charge in [-0.05, 0) is 44.0 Å². The van der Waals surface area contributed by atoms with E-state index < -0.39 is 18.8 Å². The van der Waals surface area contributed by atoms with Crippen molar-refractivity contribution in [1.82, 2.24) is 5.32 Å². The lowest BCUT2D eigenvalue weighted by Crippen LogP contribution is -2.35. The summed E-state index contributed by atoms with van der Waals surface area (Å²) < 4.78 is 39.3. The van der Waals surface area contributed by atoms with Crippen LogP contribution in [0.5, 0.6) is 11.5 Å². The zero-order valence-electron chi connectivity index (χ0n) is 21.8. The second-order valence-corrected chi connectivity index (χ2v) is 9.99. The molecule has 38 heavy (non-hydrogen) atoms. The third-order valence-electron chi connectivity index (χ3n) is 6.21. The van der Waals surface area contributed by atoms with E-state index in [1.165, 1.54) is 0 Å². The molecule has 0 fully saturated rings. The third-order valence-corrected chi connectivity index (χ3v) is 6.21. The SMILES string of the molecule is CC(C)(C)OC(=O)NCC1OB2OCCOc3cccc1c32.Cl.NCC1OB2OCCOc3cccc1c32. The molecule has 0 aliphatic carbocycles. The minimum atomic E-state index is -0.522. The van der Waals surface area contributed by atoms with Crippen LogP contribution in [0, 0.1) is 0 Å². The number of carbonyl (C=O) groups is 1. The maximum absolute atomic E-state index is 11.8. The second-order valence-electron chi connectivity index (χ2n) is 9.99. The van der Waals surface area contributed by atoms with Gasteiger partial charge in [0.05, 0.1) is 25.4 Å². The Kier molecular flexibility index (Phi) is 9.12. The highest BCUT2D eigenvalue weighted by Gasteiger charge is 2.42. The molecule has 1 amide bonds. The molecule has 4 aliphatic heterocycles. The number of carbonyl (C=O) groups excluding carboxylic acids is 1. The Morgan fingerprint density at radius 3 is 1.97 bits per heavy atom. The van der Waals surface area contributed by atoms with E-state index in [2.05, 4.69) is 5.32 Å². The zero-order valence-corrected chi connectivity index (χ0v) is 22.6. The average Bonchev–Trinajstić information content (AvgIpc) is 3.23. The van der Waals surface area contributed by atoms with Gasteiger partial charge in [0.1, 0.15) is 30.3 Å². The summed E-state index contributed by atoms with van der Waals surface area (Å²) in [6, 6.07) is 11.7. The monoisotopic (exact) mass is 546 g/mol. The van der Waals surface area contributed by atoms with Crippen molar-refractivity contribution in [2.24, 2.45) is 5.73 Å². The van der Waals surface area contributed by atoms with Crippen LogP contribution in [0.2, 0.25) is 0 Å². The number of nitrogens with one attached hydrogen (secondary N) is 1. The molecule has 13 heteroatoms. The van der Waals surface area contributed by atoms with Crippen molar-refractivity contribution in [3.63, 3.8) is 0 Å². The number of halogens is 1. The summed E-state index contributed by atoms with van der Waals surface area (Å²) in [5.74, 6) is 1.66. The molecule has 2 unspecified atom stereocenters. The van der Waals surface area contributed by atoms with Crippen molar-refractivity contribution in [2.45, 2.75) is 38.6 Å². The molecule has 3 N–H and O–H groups in total. The molecular formula is C25H33B2ClN2O8. The Balaban J connectivity index is 0.000000184. The smallest absolute Gasteiger partial charge is 0.492 e. The van der Waals surface area contributed by atoms with Gasteiger partial charge in [0.25, 0.3) is 0 Å². The summed E-state index contributed by atoms with van der Waals surface area (Å²) in [7, 11) is -0.730. The predicted molar refractivity (Wildman–Crippen MR) is 145 cm³/mol. The topological polar surface area (TPSA) is 120 Å². The van der Waals surface area contributed by atoms with Crippen molar-refractivity contribution in [1.29, 1.82) is 0 Å². The maximum Gasteiger partial charge on any atom is 0.498 e. The van der Waals surface area contributed by atoms with Crippen LogP contribution < -0.4 is 31.4 Å². The highest BCUT2D eigenvalue weighted by molar-refractivity contribution is 6.64. The Bertz CT molecular complexity index is 1140. The largest absolute Gasteiger partial charge is 0.498 e. The molecule has 0 saturated carbocycles. The molecule has 0 saturated heterocycles. The Hall–Kier alpha value is -2.47. The van der Waals surface area contributed by atoms with Gasteiger partial charge in [0, 0.05) is 24.0 Å². The van der Waals surface area contributed by atoms with Gasteiger partial charge in [-0.25, -0.2) is 4.79 Å². The van der Waals surface area contributed by atoms with Crippen LogP contribution in [-0.4, -0.2) is 65.4 Å². The van der Waals surface area contributed by atoms with E-state index in [4.69, 9.17) is 38.6 Å². The van der Waals surface area contributed by atoms with Crippen molar-refractivity contribution >= 4 is 43.7 Å². The minimum absolute atomic E-state index is 0. The van der Waals surface area contributed by atoms with Crippen LogP contribution in [0.15, 0.2) is 36.4 Å². The predicted octanol–water partition coefficient (Wildman–Crippen LogP) is 1.63. The number of amides is 1. The molecule has 0 aromatic heterocycles. The Labute approximate surface area is 229 Å². The average molecular weight is 547 g/mol. The normalized spacial score (nSPS) is 20.7. The molecule has 0 bridgehead atoms. The summed E-state index contributed by atoms with van der Waals surface area (Å²) >= 11 is 0. The second kappa shape index (κ2) is 12.1. The van der Waals surface area contributed by atoms with E-state index in [9.17, 15) is 4.79 Å². The molecule has 2 atom stereocenters. The molecule has 2 aromatic carbocycles. The van der Waals surface area contributed by atoms with E-state index >= 15 is 0 Å². The fourth-order valence-corrected chi connectivity index (χ4v) is 4.71. The summed E-state index contributed by atoms with van der Waals surface area (Å²) in [5, 5.41) is 2.74. The van der Waals surface area contributed by atoms with E-state index in [0.29, 0.717) is 39.5 Å². The van der Waals surface area contributed by atoms with Gasteiger partial charge in [0.2, 0.25) is 0 Å². The standard InChI is InChI=1S/C15H20BNO5.C10H12BNO3.ClH/c1-15(2,3)21-14(18)17-9-12-10-5-4-6-11-13(10)16(22-12)20-8-7-19-11;12-6-9-7-2-1-3-8-10(7)11(15-9)14-5-4-13-8;/h4-6,12H,7-9H2,1-3H3,(H,17,18);1-3,9H,4-6,12H2;1H. The minimum Gasteiger partial charge on any atom is -0.492 e. The van der Waals surface area contributed by atoms with Gasteiger partial charge in [0.15, 0.2) is 0 Å². The lowest BCUT2D eigenvalue weighted by molar-refractivity contribution is 0.0494. The first-order chi connectivity index (χ1) is 17.8. The fourth-order valence-electron chi connectivity index (χ4n) is 4.71. The fraction of sp³-hybridized carbons (Fsp3) is 0.480. The summed E-state index contributed by atoms with van der Waals surface area (Å²) in [6.45, 7) is 8.39.